The fourth-order valence-corrected chi connectivity index (χ4v) is 3.12. The van der Waals surface area contributed by atoms with Gasteiger partial charge in [0.1, 0.15) is 5.75 Å². The van der Waals surface area contributed by atoms with E-state index < -0.39 is 5.60 Å². The van der Waals surface area contributed by atoms with Crippen LogP contribution < -0.4 is 16.4 Å². The van der Waals surface area contributed by atoms with Gasteiger partial charge in [-0.1, -0.05) is 19.8 Å². The van der Waals surface area contributed by atoms with Gasteiger partial charge in [-0.05, 0) is 45.4 Å². The van der Waals surface area contributed by atoms with Crippen LogP contribution in [-0.4, -0.2) is 41.4 Å². The average molecular weight is 428 g/mol. The highest BCUT2D eigenvalue weighted by molar-refractivity contribution is 5.84. The molecule has 0 aliphatic carbocycles. The van der Waals surface area contributed by atoms with Gasteiger partial charge in [0, 0.05) is 24.3 Å². The zero-order valence-electron chi connectivity index (χ0n) is 18.7. The van der Waals surface area contributed by atoms with E-state index in [-0.39, 0.29) is 11.8 Å². The molecule has 1 aromatic carbocycles. The number of hydrogen-bond donors (Lipinski definition) is 5. The van der Waals surface area contributed by atoms with Crippen LogP contribution >= 0.6 is 0 Å². The Morgan fingerprint density at radius 1 is 1.23 bits per heavy atom. The number of fused-ring (bicyclic) bond motifs is 1. The van der Waals surface area contributed by atoms with Crippen molar-refractivity contribution < 1.29 is 10.2 Å². The van der Waals surface area contributed by atoms with E-state index in [4.69, 9.17) is 5.73 Å². The van der Waals surface area contributed by atoms with Gasteiger partial charge in [-0.25, -0.2) is 4.98 Å². The van der Waals surface area contributed by atoms with E-state index >= 15 is 0 Å². The van der Waals surface area contributed by atoms with Crippen LogP contribution in [0.1, 0.15) is 52.5 Å². The summed E-state index contributed by atoms with van der Waals surface area (Å²) in [6.45, 7) is 8.66. The highest BCUT2D eigenvalue weighted by Crippen LogP contribution is 2.25. The van der Waals surface area contributed by atoms with Crippen LogP contribution in [0.3, 0.4) is 0 Å². The highest BCUT2D eigenvalue weighted by Gasteiger charge is 2.24. The fourth-order valence-electron chi connectivity index (χ4n) is 3.12. The highest BCUT2D eigenvalue weighted by atomic mass is 16.3. The van der Waals surface area contributed by atoms with Crippen LogP contribution in [0.5, 0.6) is 5.75 Å². The summed E-state index contributed by atoms with van der Waals surface area (Å²) in [6, 6.07) is 4.68. The number of hydrogen-bond acceptors (Lipinski definition) is 8. The third kappa shape index (κ3) is 5.55. The topological polar surface area (TPSA) is 134 Å². The molecule has 1 atom stereocenters. The summed E-state index contributed by atoms with van der Waals surface area (Å²) in [5, 5.41) is 26.9. The summed E-state index contributed by atoms with van der Waals surface area (Å²) in [7, 11) is 0. The predicted octanol–water partition coefficient (Wildman–Crippen LogP) is 3.49. The van der Waals surface area contributed by atoms with Crippen LogP contribution in [0.25, 0.3) is 11.2 Å². The molecule has 31 heavy (non-hydrogen) atoms. The van der Waals surface area contributed by atoms with E-state index in [2.05, 4.69) is 32.5 Å². The summed E-state index contributed by atoms with van der Waals surface area (Å²) >= 11 is 0. The number of nitrogens with two attached hydrogens (primary N) is 1. The minimum atomic E-state index is -0.944. The second-order valence-corrected chi connectivity index (χ2v) is 8.47. The van der Waals surface area contributed by atoms with Crippen molar-refractivity contribution in [3.8, 4) is 5.75 Å². The lowest BCUT2D eigenvalue weighted by atomic mass is 10.0. The number of benzene rings is 1. The Morgan fingerprint density at radius 3 is 2.71 bits per heavy atom. The molecular formula is C22H33N7O2. The SMILES string of the molecule is CCCCCn1cnc2c(NCc3cc(N)ccc3O)nc(NC(C)C(C)(C)O)nc21. The smallest absolute Gasteiger partial charge is 0.227 e. The van der Waals surface area contributed by atoms with Crippen LogP contribution in [-0.2, 0) is 13.1 Å². The molecule has 0 aliphatic rings. The van der Waals surface area contributed by atoms with E-state index in [1.165, 1.54) is 0 Å². The van der Waals surface area contributed by atoms with Crippen LogP contribution in [0.15, 0.2) is 24.5 Å². The molecule has 0 bridgehead atoms. The third-order valence-corrected chi connectivity index (χ3v) is 5.42. The Bertz CT molecular complexity index is 1030. The predicted molar refractivity (Wildman–Crippen MR) is 124 cm³/mol. The number of phenolic OH excluding ortho intramolecular Hbond substituents is 1. The Hall–Kier alpha value is -3.07. The van der Waals surface area contributed by atoms with Gasteiger partial charge in [-0.2, -0.15) is 9.97 Å². The summed E-state index contributed by atoms with van der Waals surface area (Å²) in [4.78, 5) is 13.8. The number of aryl methyl sites for hydroxylation is 1. The first-order chi connectivity index (χ1) is 14.7. The van der Waals surface area contributed by atoms with Crippen LogP contribution in [0.2, 0.25) is 0 Å². The van der Waals surface area contributed by atoms with E-state index in [9.17, 15) is 10.2 Å². The average Bonchev–Trinajstić information content (AvgIpc) is 3.11. The second kappa shape index (κ2) is 9.38. The maximum atomic E-state index is 10.3. The number of imidazole rings is 1. The number of aromatic nitrogens is 4. The molecule has 9 heteroatoms. The maximum absolute atomic E-state index is 10.3. The first-order valence-corrected chi connectivity index (χ1v) is 10.7. The number of nitrogens with zero attached hydrogens (tertiary/aromatic N) is 4. The molecule has 0 saturated heterocycles. The molecular weight excluding hydrogens is 394 g/mol. The lowest BCUT2D eigenvalue weighted by Crippen LogP contribution is -2.39. The first-order valence-electron chi connectivity index (χ1n) is 10.7. The molecule has 9 nitrogen and oxygen atoms in total. The summed E-state index contributed by atoms with van der Waals surface area (Å²) in [5.41, 5.74) is 7.52. The van der Waals surface area contributed by atoms with Gasteiger partial charge in [0.15, 0.2) is 17.0 Å². The molecule has 168 valence electrons. The quantitative estimate of drug-likeness (QED) is 0.189. The summed E-state index contributed by atoms with van der Waals surface area (Å²) in [5.74, 6) is 1.11. The Morgan fingerprint density at radius 2 is 2.00 bits per heavy atom. The summed E-state index contributed by atoms with van der Waals surface area (Å²) in [6.07, 6.45) is 5.08. The molecule has 6 N–H and O–H groups in total. The number of unbranched alkanes of at least 4 members (excludes halogenated alkanes) is 2. The fraction of sp³-hybridized carbons (Fsp3) is 0.500. The monoisotopic (exact) mass is 427 g/mol. The molecule has 0 radical (unpaired) electrons. The molecule has 1 unspecified atom stereocenters. The van der Waals surface area contributed by atoms with Gasteiger partial charge in [0.05, 0.1) is 18.0 Å². The maximum Gasteiger partial charge on any atom is 0.227 e. The largest absolute Gasteiger partial charge is 0.508 e. The molecule has 2 aromatic heterocycles. The molecule has 2 heterocycles. The lowest BCUT2D eigenvalue weighted by molar-refractivity contribution is 0.0646. The second-order valence-electron chi connectivity index (χ2n) is 8.47. The molecule has 3 rings (SSSR count). The third-order valence-electron chi connectivity index (χ3n) is 5.42. The minimum Gasteiger partial charge on any atom is -0.508 e. The standard InChI is InChI=1S/C22H33N7O2/c1-5-6-7-10-29-13-25-18-19(24-12-15-11-16(23)8-9-17(15)30)27-21(28-20(18)29)26-14(2)22(3,4)31/h8-9,11,13-14,30-31H,5-7,10,12,23H2,1-4H3,(H2,24,26,27,28). The van der Waals surface area contributed by atoms with Crippen molar-refractivity contribution in [2.24, 2.45) is 0 Å². The molecule has 0 amide bonds. The Kier molecular flexibility index (Phi) is 6.84. The number of phenols is 1. The van der Waals surface area contributed by atoms with Crippen molar-refractivity contribution in [2.45, 2.75) is 71.7 Å². The van der Waals surface area contributed by atoms with Gasteiger partial charge >= 0.3 is 0 Å². The zero-order valence-corrected chi connectivity index (χ0v) is 18.7. The van der Waals surface area contributed by atoms with Crippen molar-refractivity contribution in [3.63, 3.8) is 0 Å². The number of anilines is 3. The van der Waals surface area contributed by atoms with Crippen molar-refractivity contribution in [1.82, 2.24) is 19.5 Å². The van der Waals surface area contributed by atoms with Crippen molar-refractivity contribution in [2.75, 3.05) is 16.4 Å². The number of aliphatic hydroxyl groups is 1. The van der Waals surface area contributed by atoms with Crippen LogP contribution in [0.4, 0.5) is 17.5 Å². The molecule has 0 spiro atoms. The summed E-state index contributed by atoms with van der Waals surface area (Å²) < 4.78 is 2.02. The number of rotatable bonds is 10. The van der Waals surface area contributed by atoms with Gasteiger partial charge in [-0.3, -0.25) is 0 Å². The van der Waals surface area contributed by atoms with E-state index in [0.29, 0.717) is 35.1 Å². The normalized spacial score (nSPS) is 12.8. The zero-order chi connectivity index (χ0) is 22.6. The molecule has 0 saturated carbocycles. The lowest BCUT2D eigenvalue weighted by Gasteiger charge is -2.26. The van der Waals surface area contributed by atoms with Gasteiger partial charge in [-0.15, -0.1) is 0 Å². The van der Waals surface area contributed by atoms with Crippen LogP contribution in [0, 0.1) is 0 Å². The first kappa shape index (κ1) is 22.6. The van der Waals surface area contributed by atoms with Gasteiger partial charge in [0.2, 0.25) is 5.95 Å². The van der Waals surface area contributed by atoms with Gasteiger partial charge in [0.25, 0.3) is 0 Å². The Labute approximate surface area is 182 Å². The van der Waals surface area contributed by atoms with Gasteiger partial charge < -0.3 is 31.1 Å². The number of nitrogen functional groups attached to an aromatic ring is 1. The Balaban J connectivity index is 1.94. The van der Waals surface area contributed by atoms with Crippen molar-refractivity contribution in [1.29, 1.82) is 0 Å². The minimum absolute atomic E-state index is 0.158. The molecule has 0 aliphatic heterocycles. The van der Waals surface area contributed by atoms with E-state index in [1.54, 1.807) is 38.4 Å². The van der Waals surface area contributed by atoms with Crippen molar-refractivity contribution >= 4 is 28.6 Å². The van der Waals surface area contributed by atoms with E-state index in [1.807, 2.05) is 11.5 Å². The molecule has 3 aromatic rings. The number of nitrogens with one attached hydrogen (secondary N) is 2. The van der Waals surface area contributed by atoms with Crippen molar-refractivity contribution in [3.05, 3.63) is 30.1 Å². The number of aromatic hydroxyl groups is 1. The van der Waals surface area contributed by atoms with E-state index in [0.717, 1.165) is 31.5 Å². The molecule has 0 fully saturated rings.